The number of hydrogen-bond donors (Lipinski definition) is 0. The van der Waals surface area contributed by atoms with Crippen LogP contribution in [-0.4, -0.2) is 58.3 Å². The van der Waals surface area contributed by atoms with Gasteiger partial charge in [-0.3, -0.25) is 0 Å². The molecule has 1 atom stereocenters. The Labute approximate surface area is 211 Å². The number of rotatable bonds is 6. The number of carbonyl (C=O) groups excluding carboxylic acids is 2. The summed E-state index contributed by atoms with van der Waals surface area (Å²) in [6.45, 7) is 2.71. The summed E-state index contributed by atoms with van der Waals surface area (Å²) in [7, 11) is 3.94. The number of likely N-dealkylation sites (N-methyl/N-ethyl adjacent to an activating group) is 1. The normalized spacial score (nSPS) is 14.9. The highest BCUT2D eigenvalue weighted by Crippen LogP contribution is 2.41. The van der Waals surface area contributed by atoms with E-state index >= 15 is 0 Å². The highest BCUT2D eigenvalue weighted by Gasteiger charge is 2.26. The van der Waals surface area contributed by atoms with Gasteiger partial charge in [0.25, 0.3) is 0 Å². The first kappa shape index (κ1) is 24.1. The monoisotopic (exact) mass is 502 g/mol. The summed E-state index contributed by atoms with van der Waals surface area (Å²) in [6.07, 6.45) is 3.20. The van der Waals surface area contributed by atoms with Gasteiger partial charge in [-0.25, -0.2) is 23.6 Å². The molecule has 0 saturated heterocycles. The molecule has 188 valence electrons. The van der Waals surface area contributed by atoms with E-state index < -0.39 is 17.8 Å². The molecule has 1 unspecified atom stereocenters. The van der Waals surface area contributed by atoms with E-state index in [0.29, 0.717) is 33.7 Å². The standard InChI is InChI=1S/C27H23FN4O5/c1-16(15-31(2)3)35-20-6-4-5-19(13-20)32-27-24(25(30-32)17-7-9-18(28)10-8-17)26-21(14-29-27)36-22(33)11-12-23(34)37-26/h4-14,16H,15H2,1-3H3/b12-11+. The predicted octanol–water partition coefficient (Wildman–Crippen LogP) is 3.94. The Morgan fingerprint density at radius 3 is 2.51 bits per heavy atom. The molecular formula is C27H23FN4O5. The highest BCUT2D eigenvalue weighted by molar-refractivity contribution is 6.03. The van der Waals surface area contributed by atoms with Crippen molar-refractivity contribution in [1.29, 1.82) is 0 Å². The minimum absolute atomic E-state index is 0.00900. The van der Waals surface area contributed by atoms with Crippen molar-refractivity contribution >= 4 is 23.0 Å². The first-order valence-electron chi connectivity index (χ1n) is 11.5. The molecule has 0 N–H and O–H groups in total. The molecule has 37 heavy (non-hydrogen) atoms. The molecule has 1 aliphatic rings. The molecule has 1 aliphatic heterocycles. The van der Waals surface area contributed by atoms with Crippen molar-refractivity contribution in [3.05, 3.63) is 72.7 Å². The number of pyridine rings is 1. The molecular weight excluding hydrogens is 479 g/mol. The van der Waals surface area contributed by atoms with Gasteiger partial charge in [-0.05, 0) is 57.4 Å². The van der Waals surface area contributed by atoms with Crippen molar-refractivity contribution in [2.75, 3.05) is 20.6 Å². The molecule has 0 aliphatic carbocycles. The molecule has 9 nitrogen and oxygen atoms in total. The van der Waals surface area contributed by atoms with Crippen LogP contribution in [-0.2, 0) is 9.59 Å². The Hall–Kier alpha value is -4.57. The maximum Gasteiger partial charge on any atom is 0.336 e. The van der Waals surface area contributed by atoms with Gasteiger partial charge in [0, 0.05) is 30.3 Å². The average molecular weight is 503 g/mol. The lowest BCUT2D eigenvalue weighted by Gasteiger charge is -2.19. The summed E-state index contributed by atoms with van der Waals surface area (Å²) in [5.74, 6) is -1.32. The minimum Gasteiger partial charge on any atom is -0.489 e. The summed E-state index contributed by atoms with van der Waals surface area (Å²) in [6, 6.07) is 13.0. The van der Waals surface area contributed by atoms with Crippen LogP contribution in [0.15, 0.2) is 66.9 Å². The van der Waals surface area contributed by atoms with Crippen LogP contribution in [0.1, 0.15) is 6.92 Å². The van der Waals surface area contributed by atoms with E-state index in [0.717, 1.165) is 18.7 Å². The average Bonchev–Trinajstić information content (AvgIpc) is 3.23. The van der Waals surface area contributed by atoms with E-state index in [1.807, 2.05) is 50.2 Å². The van der Waals surface area contributed by atoms with Gasteiger partial charge in [0.2, 0.25) is 0 Å². The summed E-state index contributed by atoms with van der Waals surface area (Å²) in [4.78, 5) is 30.9. The third-order valence-electron chi connectivity index (χ3n) is 5.52. The second-order valence-electron chi connectivity index (χ2n) is 8.78. The molecule has 0 fully saturated rings. The van der Waals surface area contributed by atoms with Gasteiger partial charge >= 0.3 is 11.9 Å². The third-order valence-corrected chi connectivity index (χ3v) is 5.52. The maximum absolute atomic E-state index is 13.7. The van der Waals surface area contributed by atoms with Crippen molar-refractivity contribution < 1.29 is 28.2 Å². The van der Waals surface area contributed by atoms with E-state index in [4.69, 9.17) is 19.3 Å². The van der Waals surface area contributed by atoms with Crippen LogP contribution < -0.4 is 14.2 Å². The van der Waals surface area contributed by atoms with Gasteiger partial charge in [0.15, 0.2) is 17.1 Å². The van der Waals surface area contributed by atoms with Crippen LogP contribution in [0, 0.1) is 5.82 Å². The number of aromatic nitrogens is 3. The third kappa shape index (κ3) is 5.05. The predicted molar refractivity (Wildman–Crippen MR) is 133 cm³/mol. The van der Waals surface area contributed by atoms with Gasteiger partial charge in [0.05, 0.1) is 17.3 Å². The van der Waals surface area contributed by atoms with Crippen LogP contribution >= 0.6 is 0 Å². The topological polar surface area (TPSA) is 95.8 Å². The molecule has 0 bridgehead atoms. The quantitative estimate of drug-likeness (QED) is 0.366. The number of esters is 2. The van der Waals surface area contributed by atoms with Crippen molar-refractivity contribution in [2.24, 2.45) is 0 Å². The summed E-state index contributed by atoms with van der Waals surface area (Å²) in [5.41, 5.74) is 1.88. The Balaban J connectivity index is 1.69. The molecule has 0 saturated carbocycles. The van der Waals surface area contributed by atoms with E-state index in [9.17, 15) is 14.0 Å². The fourth-order valence-corrected chi connectivity index (χ4v) is 4.09. The lowest BCUT2D eigenvalue weighted by molar-refractivity contribution is -0.133. The number of hydrogen-bond acceptors (Lipinski definition) is 8. The van der Waals surface area contributed by atoms with Crippen LogP contribution in [0.25, 0.3) is 28.0 Å². The lowest BCUT2D eigenvalue weighted by atomic mass is 10.1. The van der Waals surface area contributed by atoms with Crippen molar-refractivity contribution in [2.45, 2.75) is 13.0 Å². The number of fused-ring (bicyclic) bond motifs is 3. The number of halogens is 1. The van der Waals surface area contributed by atoms with Crippen molar-refractivity contribution in [3.8, 4) is 34.2 Å². The maximum atomic E-state index is 13.7. The number of carbonyl (C=O) groups is 2. The Morgan fingerprint density at radius 2 is 1.78 bits per heavy atom. The smallest absolute Gasteiger partial charge is 0.336 e. The van der Waals surface area contributed by atoms with E-state index in [1.54, 1.807) is 16.8 Å². The largest absolute Gasteiger partial charge is 0.489 e. The molecule has 3 heterocycles. The zero-order valence-electron chi connectivity index (χ0n) is 20.3. The Morgan fingerprint density at radius 1 is 1.05 bits per heavy atom. The number of nitrogens with zero attached hydrogens (tertiary/aromatic N) is 4. The molecule has 4 aromatic rings. The first-order valence-corrected chi connectivity index (χ1v) is 11.5. The number of benzene rings is 2. The second-order valence-corrected chi connectivity index (χ2v) is 8.78. The molecule has 0 radical (unpaired) electrons. The van der Waals surface area contributed by atoms with E-state index in [2.05, 4.69) is 4.98 Å². The van der Waals surface area contributed by atoms with E-state index in [1.165, 1.54) is 18.3 Å². The first-order chi connectivity index (χ1) is 17.8. The Bertz CT molecular complexity index is 1530. The van der Waals surface area contributed by atoms with Gasteiger partial charge in [-0.2, -0.15) is 5.10 Å². The molecule has 2 aromatic carbocycles. The zero-order valence-corrected chi connectivity index (χ0v) is 20.3. The fraction of sp³-hybridized carbons (Fsp3) is 0.185. The van der Waals surface area contributed by atoms with Gasteiger partial charge in [0.1, 0.15) is 23.4 Å². The molecule has 0 spiro atoms. The van der Waals surface area contributed by atoms with Crippen molar-refractivity contribution in [1.82, 2.24) is 19.7 Å². The highest BCUT2D eigenvalue weighted by atomic mass is 19.1. The Kier molecular flexibility index (Phi) is 6.41. The zero-order chi connectivity index (χ0) is 26.1. The van der Waals surface area contributed by atoms with Crippen molar-refractivity contribution in [3.63, 3.8) is 0 Å². The minimum atomic E-state index is -0.756. The van der Waals surface area contributed by atoms with E-state index in [-0.39, 0.29) is 17.6 Å². The second kappa shape index (κ2) is 9.82. The van der Waals surface area contributed by atoms with Crippen LogP contribution in [0.4, 0.5) is 4.39 Å². The van der Waals surface area contributed by atoms with Crippen LogP contribution in [0.5, 0.6) is 17.2 Å². The van der Waals surface area contributed by atoms with Gasteiger partial charge in [-0.15, -0.1) is 0 Å². The summed E-state index contributed by atoms with van der Waals surface area (Å²) >= 11 is 0. The summed E-state index contributed by atoms with van der Waals surface area (Å²) < 4.78 is 32.2. The molecule has 5 rings (SSSR count). The van der Waals surface area contributed by atoms with Gasteiger partial charge < -0.3 is 19.1 Å². The molecule has 2 aromatic heterocycles. The molecule has 10 heteroatoms. The SMILES string of the molecule is CC(CN(C)C)Oc1cccc(-n2nc(-c3ccc(F)cc3)c3c4c(cnc32)OC(=O)/C=C/C(=O)O4)c1. The molecule has 0 amide bonds. The van der Waals surface area contributed by atoms with Crippen LogP contribution in [0.3, 0.4) is 0 Å². The van der Waals surface area contributed by atoms with Crippen LogP contribution in [0.2, 0.25) is 0 Å². The number of ether oxygens (including phenoxy) is 3. The summed E-state index contributed by atoms with van der Waals surface area (Å²) in [5, 5.41) is 5.08. The lowest BCUT2D eigenvalue weighted by Crippen LogP contribution is -2.27. The fourth-order valence-electron chi connectivity index (χ4n) is 4.09. The van der Waals surface area contributed by atoms with Gasteiger partial charge in [-0.1, -0.05) is 6.07 Å².